The molecule has 2 aliphatic heterocycles. The van der Waals surface area contributed by atoms with Crippen LogP contribution in [0.2, 0.25) is 0 Å². The highest BCUT2D eigenvalue weighted by atomic mass is 16.6. The van der Waals surface area contributed by atoms with Crippen molar-refractivity contribution in [2.24, 2.45) is 10.8 Å². The van der Waals surface area contributed by atoms with Crippen molar-refractivity contribution < 1.29 is 38.4 Å². The molecule has 8 heteroatoms. The molecule has 3 fully saturated rings. The van der Waals surface area contributed by atoms with Crippen LogP contribution in [0.1, 0.15) is 46.5 Å². The van der Waals surface area contributed by atoms with Crippen molar-refractivity contribution in [2.75, 3.05) is 19.8 Å². The number of carbonyl (C=O) groups excluding carboxylic acids is 3. The number of esters is 2. The van der Waals surface area contributed by atoms with Gasteiger partial charge in [0.25, 0.3) is 0 Å². The molecule has 1 spiro atoms. The number of fused-ring (bicyclic) bond motifs is 2. The molecule has 0 aromatic carbocycles. The van der Waals surface area contributed by atoms with Gasteiger partial charge in [-0.3, -0.25) is 4.79 Å². The Bertz CT molecular complexity index is 987. The first kappa shape index (κ1) is 25.5. The van der Waals surface area contributed by atoms with Crippen LogP contribution in [0.25, 0.3) is 0 Å². The molecule has 0 unspecified atom stereocenters. The lowest BCUT2D eigenvalue weighted by atomic mass is 9.51. The van der Waals surface area contributed by atoms with Gasteiger partial charge >= 0.3 is 11.9 Å². The fourth-order valence-electron chi connectivity index (χ4n) is 6.25. The number of aliphatic hydroxyl groups is 1. The van der Waals surface area contributed by atoms with Gasteiger partial charge in [0.05, 0.1) is 24.2 Å². The number of rotatable bonds is 9. The number of hydrogen-bond acceptors (Lipinski definition) is 8. The summed E-state index contributed by atoms with van der Waals surface area (Å²) in [6.07, 6.45) is 11.0. The van der Waals surface area contributed by atoms with Crippen LogP contribution in [0, 0.1) is 10.8 Å². The second-order valence-electron chi connectivity index (χ2n) is 10.2. The van der Waals surface area contributed by atoms with E-state index in [0.717, 1.165) is 12.0 Å². The normalized spacial score (nSPS) is 37.9. The van der Waals surface area contributed by atoms with Gasteiger partial charge in [-0.15, -0.1) is 0 Å². The smallest absolute Gasteiger partial charge is 0.331 e. The Labute approximate surface area is 205 Å². The highest BCUT2D eigenvalue weighted by molar-refractivity contribution is 5.83. The van der Waals surface area contributed by atoms with Gasteiger partial charge in [-0.1, -0.05) is 36.3 Å². The molecule has 8 nitrogen and oxygen atoms in total. The summed E-state index contributed by atoms with van der Waals surface area (Å²) in [6, 6.07) is 0. The predicted octanol–water partition coefficient (Wildman–Crippen LogP) is 2.75. The largest absolute Gasteiger partial charge is 0.462 e. The van der Waals surface area contributed by atoms with Crippen molar-refractivity contribution >= 4 is 18.2 Å². The minimum absolute atomic E-state index is 0.0364. The third-order valence-electron chi connectivity index (χ3n) is 8.35. The Morgan fingerprint density at radius 1 is 1.26 bits per heavy atom. The zero-order valence-corrected chi connectivity index (χ0v) is 20.5. The third kappa shape index (κ3) is 4.32. The first-order chi connectivity index (χ1) is 16.7. The molecule has 2 heterocycles. The lowest BCUT2D eigenvalue weighted by Crippen LogP contribution is -2.66. The molecule has 190 valence electrons. The number of allylic oxidation sites excluding steroid dienone is 4. The van der Waals surface area contributed by atoms with E-state index in [4.69, 9.17) is 24.1 Å². The summed E-state index contributed by atoms with van der Waals surface area (Å²) in [5, 5.41) is 9.12. The fraction of sp³-hybridized carbons (Fsp3) is 0.593. The SMILES string of the molecule is CC1=C[C@H]2O[C@@H]3C[C@@H](OC(=O)/C=C\C=C\C=O)[C@](C)([C@@]2(COC(=O)/C=C(\C)CCO)CC1)[C@]31CO1. The average Bonchev–Trinajstić information content (AvgIpc) is 3.59. The van der Waals surface area contributed by atoms with Crippen molar-refractivity contribution in [1.82, 2.24) is 0 Å². The van der Waals surface area contributed by atoms with E-state index in [0.29, 0.717) is 32.2 Å². The van der Waals surface area contributed by atoms with Crippen molar-refractivity contribution in [2.45, 2.75) is 70.4 Å². The van der Waals surface area contributed by atoms with Crippen molar-refractivity contribution in [3.05, 3.63) is 47.6 Å². The Morgan fingerprint density at radius 2 is 2.03 bits per heavy atom. The number of ether oxygens (including phenoxy) is 4. The second kappa shape index (κ2) is 9.84. The summed E-state index contributed by atoms with van der Waals surface area (Å²) in [4.78, 5) is 35.7. The molecule has 2 bridgehead atoms. The van der Waals surface area contributed by atoms with Crippen LogP contribution >= 0.6 is 0 Å². The van der Waals surface area contributed by atoms with E-state index in [1.54, 1.807) is 6.92 Å². The predicted molar refractivity (Wildman–Crippen MR) is 126 cm³/mol. The molecule has 0 amide bonds. The monoisotopic (exact) mass is 486 g/mol. The average molecular weight is 487 g/mol. The van der Waals surface area contributed by atoms with Crippen LogP contribution in [0.15, 0.2) is 47.6 Å². The summed E-state index contributed by atoms with van der Waals surface area (Å²) in [5.74, 6) is -0.979. The molecule has 0 aromatic rings. The van der Waals surface area contributed by atoms with Crippen molar-refractivity contribution in [3.8, 4) is 0 Å². The molecule has 6 atom stereocenters. The standard InChI is InChI=1S/C27H34O8/c1-18-8-10-26(16-32-24(31)14-19(2)9-12-29)21(13-18)34-22-15-20(25(26,3)27(22)17-33-27)35-23(30)7-5-4-6-11-28/h4-7,11,13-14,20-22,29H,8-10,12,15-17H2,1-3H3/b6-4+,7-5-,19-14+/t20-,21-,22-,25-,26-,27+/m1/s1. The van der Waals surface area contributed by atoms with Gasteiger partial charge in [0, 0.05) is 30.6 Å². The van der Waals surface area contributed by atoms with Crippen molar-refractivity contribution in [1.29, 1.82) is 0 Å². The molecule has 4 aliphatic rings. The zero-order chi connectivity index (χ0) is 25.3. The molecule has 0 aromatic heterocycles. The maximum Gasteiger partial charge on any atom is 0.331 e. The Kier molecular flexibility index (Phi) is 7.18. The molecular formula is C27H34O8. The molecule has 2 saturated heterocycles. The first-order valence-corrected chi connectivity index (χ1v) is 12.1. The molecule has 4 rings (SSSR count). The quantitative estimate of drug-likeness (QED) is 0.132. The van der Waals surface area contributed by atoms with Gasteiger partial charge in [0.2, 0.25) is 0 Å². The van der Waals surface area contributed by atoms with E-state index in [1.807, 2.05) is 0 Å². The third-order valence-corrected chi connectivity index (χ3v) is 8.35. The number of carbonyl (C=O) groups is 3. The van der Waals surface area contributed by atoms with Crippen molar-refractivity contribution in [3.63, 3.8) is 0 Å². The van der Waals surface area contributed by atoms with Crippen LogP contribution in [-0.4, -0.2) is 67.1 Å². The highest BCUT2D eigenvalue weighted by Gasteiger charge is 2.83. The minimum atomic E-state index is -0.642. The van der Waals surface area contributed by atoms with E-state index in [2.05, 4.69) is 19.9 Å². The van der Waals surface area contributed by atoms with Gasteiger partial charge in [-0.2, -0.15) is 0 Å². The Morgan fingerprint density at radius 3 is 2.71 bits per heavy atom. The van der Waals surface area contributed by atoms with E-state index >= 15 is 0 Å². The van der Waals surface area contributed by atoms with Gasteiger partial charge in [-0.25, -0.2) is 9.59 Å². The summed E-state index contributed by atoms with van der Waals surface area (Å²) >= 11 is 0. The molecule has 1 N–H and O–H groups in total. The summed E-state index contributed by atoms with van der Waals surface area (Å²) < 4.78 is 24.4. The molecule has 1 saturated carbocycles. The number of epoxide rings is 1. The lowest BCUT2D eigenvalue weighted by Gasteiger charge is -2.58. The summed E-state index contributed by atoms with van der Waals surface area (Å²) in [6.45, 7) is 6.49. The molecule has 35 heavy (non-hydrogen) atoms. The van der Waals surface area contributed by atoms with Crippen LogP contribution in [-0.2, 0) is 33.3 Å². The van der Waals surface area contributed by atoms with Crippen LogP contribution in [0.5, 0.6) is 0 Å². The van der Waals surface area contributed by atoms with Gasteiger partial charge in [0.15, 0.2) is 0 Å². The van der Waals surface area contributed by atoms with Gasteiger partial charge in [0.1, 0.15) is 24.6 Å². The highest BCUT2D eigenvalue weighted by Crippen LogP contribution is 2.72. The van der Waals surface area contributed by atoms with Crippen LogP contribution in [0.4, 0.5) is 0 Å². The van der Waals surface area contributed by atoms with Gasteiger partial charge < -0.3 is 24.1 Å². The molecule has 2 aliphatic carbocycles. The van der Waals surface area contributed by atoms with E-state index in [1.165, 1.54) is 36.0 Å². The number of aliphatic hydroxyl groups excluding tert-OH is 1. The fourth-order valence-corrected chi connectivity index (χ4v) is 6.25. The van der Waals surface area contributed by atoms with Gasteiger partial charge in [-0.05, 0) is 39.2 Å². The van der Waals surface area contributed by atoms with E-state index in [9.17, 15) is 14.4 Å². The zero-order valence-electron chi connectivity index (χ0n) is 20.5. The summed E-state index contributed by atoms with van der Waals surface area (Å²) in [7, 11) is 0. The van der Waals surface area contributed by atoms with Crippen LogP contribution in [0.3, 0.4) is 0 Å². The van der Waals surface area contributed by atoms with E-state index in [-0.39, 0.29) is 25.4 Å². The Hall–Kier alpha value is -2.55. The second-order valence-corrected chi connectivity index (χ2v) is 10.2. The summed E-state index contributed by atoms with van der Waals surface area (Å²) in [5.41, 5.74) is 0.0731. The Balaban J connectivity index is 1.64. The van der Waals surface area contributed by atoms with Crippen LogP contribution < -0.4 is 0 Å². The topological polar surface area (TPSA) is 112 Å². The maximum absolute atomic E-state index is 12.7. The molecule has 0 radical (unpaired) electrons. The number of aldehydes is 1. The number of hydrogen-bond donors (Lipinski definition) is 1. The lowest BCUT2D eigenvalue weighted by molar-refractivity contribution is -0.232. The minimum Gasteiger partial charge on any atom is -0.462 e. The first-order valence-electron chi connectivity index (χ1n) is 12.1. The van der Waals surface area contributed by atoms with E-state index < -0.39 is 34.5 Å². The maximum atomic E-state index is 12.7. The molecular weight excluding hydrogens is 452 g/mol.